The van der Waals surface area contributed by atoms with Crippen LogP contribution in [-0.2, 0) is 0 Å². The van der Waals surface area contributed by atoms with Gasteiger partial charge >= 0.3 is 0 Å². The molecule has 0 saturated carbocycles. The number of halogens is 2. The van der Waals surface area contributed by atoms with Crippen molar-refractivity contribution < 1.29 is 0 Å². The van der Waals surface area contributed by atoms with Crippen molar-refractivity contribution >= 4 is 30.6 Å². The van der Waals surface area contributed by atoms with E-state index in [0.717, 1.165) is 37.8 Å². The first kappa shape index (κ1) is 15.8. The third-order valence-corrected chi connectivity index (χ3v) is 2.90. The summed E-state index contributed by atoms with van der Waals surface area (Å²) in [6, 6.07) is 7.96. The summed E-state index contributed by atoms with van der Waals surface area (Å²) in [6.45, 7) is 4.06. The van der Waals surface area contributed by atoms with Gasteiger partial charge < -0.3 is 10.2 Å². The van der Waals surface area contributed by atoms with Gasteiger partial charge in [0.15, 0.2) is 5.82 Å². The molecule has 1 fully saturated rings. The molecule has 1 aliphatic rings. The average Bonchev–Trinajstić information content (AvgIpc) is 2.94. The summed E-state index contributed by atoms with van der Waals surface area (Å²) in [6.07, 6.45) is 3.67. The van der Waals surface area contributed by atoms with Crippen molar-refractivity contribution in [2.45, 2.75) is 0 Å². The summed E-state index contributed by atoms with van der Waals surface area (Å²) >= 11 is 0. The number of nitrogens with zero attached hydrogens (tertiary/aromatic N) is 4. The van der Waals surface area contributed by atoms with Crippen LogP contribution in [0.25, 0.3) is 5.82 Å². The number of hydrogen-bond acceptors (Lipinski definition) is 4. The molecule has 3 rings (SSSR count). The molecule has 19 heavy (non-hydrogen) atoms. The molecule has 0 spiro atoms. The van der Waals surface area contributed by atoms with Crippen LogP contribution in [0.4, 0.5) is 5.82 Å². The maximum absolute atomic E-state index is 4.64. The van der Waals surface area contributed by atoms with Crippen LogP contribution in [0, 0.1) is 0 Å². The van der Waals surface area contributed by atoms with Crippen LogP contribution >= 0.6 is 24.8 Å². The van der Waals surface area contributed by atoms with E-state index in [1.807, 2.05) is 24.4 Å². The van der Waals surface area contributed by atoms with Gasteiger partial charge in [0.05, 0.1) is 0 Å². The normalized spacial score (nSPS) is 14.4. The standard InChI is InChI=1S/C12H15N5.2ClH/c1-3-11(16-9-6-13-7-10-16)15-12(4-1)17-8-2-5-14-17;;/h1-5,8,13H,6-7,9-10H2;2*1H. The molecule has 1 N–H and O–H groups in total. The van der Waals surface area contributed by atoms with Gasteiger partial charge in [0.2, 0.25) is 0 Å². The van der Waals surface area contributed by atoms with Crippen LogP contribution in [0.2, 0.25) is 0 Å². The van der Waals surface area contributed by atoms with Crippen molar-refractivity contribution in [2.24, 2.45) is 0 Å². The van der Waals surface area contributed by atoms with Crippen LogP contribution in [0.15, 0.2) is 36.7 Å². The van der Waals surface area contributed by atoms with E-state index in [2.05, 4.69) is 26.4 Å². The highest BCUT2D eigenvalue weighted by molar-refractivity contribution is 5.85. The lowest BCUT2D eigenvalue weighted by Gasteiger charge is -2.28. The molecular weight excluding hydrogens is 285 g/mol. The second kappa shape index (κ2) is 7.33. The zero-order chi connectivity index (χ0) is 11.5. The van der Waals surface area contributed by atoms with E-state index in [-0.39, 0.29) is 24.8 Å². The second-order valence-electron chi connectivity index (χ2n) is 4.04. The molecule has 0 radical (unpaired) electrons. The Morgan fingerprint density at radius 1 is 1.00 bits per heavy atom. The van der Waals surface area contributed by atoms with Crippen LogP contribution in [0.1, 0.15) is 0 Å². The Hall–Kier alpha value is -1.30. The number of rotatable bonds is 2. The number of aromatic nitrogens is 3. The summed E-state index contributed by atoms with van der Waals surface area (Å²) in [5, 5.41) is 7.54. The van der Waals surface area contributed by atoms with Crippen LogP contribution in [0.5, 0.6) is 0 Å². The number of anilines is 1. The molecule has 1 saturated heterocycles. The molecule has 0 bridgehead atoms. The molecule has 104 valence electrons. The third-order valence-electron chi connectivity index (χ3n) is 2.90. The summed E-state index contributed by atoms with van der Waals surface area (Å²) < 4.78 is 1.78. The lowest BCUT2D eigenvalue weighted by atomic mass is 10.3. The first-order valence-corrected chi connectivity index (χ1v) is 5.86. The number of hydrogen-bond donors (Lipinski definition) is 1. The fourth-order valence-electron chi connectivity index (χ4n) is 2.01. The maximum atomic E-state index is 4.64. The molecule has 0 unspecified atom stereocenters. The zero-order valence-electron chi connectivity index (χ0n) is 10.4. The fraction of sp³-hybridized carbons (Fsp3) is 0.333. The molecule has 0 amide bonds. The quantitative estimate of drug-likeness (QED) is 0.914. The minimum atomic E-state index is 0. The Labute approximate surface area is 124 Å². The van der Waals surface area contributed by atoms with Crippen molar-refractivity contribution in [3.63, 3.8) is 0 Å². The molecule has 0 atom stereocenters. The fourth-order valence-corrected chi connectivity index (χ4v) is 2.01. The number of nitrogens with one attached hydrogen (secondary N) is 1. The van der Waals surface area contributed by atoms with E-state index in [0.29, 0.717) is 0 Å². The first-order chi connectivity index (χ1) is 8.43. The number of pyridine rings is 1. The maximum Gasteiger partial charge on any atom is 0.155 e. The molecule has 7 heteroatoms. The Morgan fingerprint density at radius 2 is 1.74 bits per heavy atom. The van der Waals surface area contributed by atoms with Gasteiger partial charge in [-0.25, -0.2) is 9.67 Å². The van der Waals surface area contributed by atoms with Crippen molar-refractivity contribution in [1.82, 2.24) is 20.1 Å². The van der Waals surface area contributed by atoms with Gasteiger partial charge in [-0.15, -0.1) is 24.8 Å². The predicted molar refractivity (Wildman–Crippen MR) is 80.9 cm³/mol. The molecule has 1 aliphatic heterocycles. The predicted octanol–water partition coefficient (Wildman–Crippen LogP) is 1.52. The Morgan fingerprint density at radius 3 is 2.42 bits per heavy atom. The topological polar surface area (TPSA) is 46.0 Å². The van der Waals surface area contributed by atoms with Crippen molar-refractivity contribution in [2.75, 3.05) is 31.1 Å². The van der Waals surface area contributed by atoms with E-state index in [1.165, 1.54) is 0 Å². The molecule has 0 aliphatic carbocycles. The van der Waals surface area contributed by atoms with Gasteiger partial charge in [-0.3, -0.25) is 0 Å². The lowest BCUT2D eigenvalue weighted by molar-refractivity contribution is 0.584. The largest absolute Gasteiger partial charge is 0.354 e. The SMILES string of the molecule is Cl.Cl.c1cc(N2CCNCC2)nc(-n2cccn2)c1. The smallest absolute Gasteiger partial charge is 0.155 e. The van der Waals surface area contributed by atoms with Crippen LogP contribution in [-0.4, -0.2) is 40.9 Å². The molecule has 2 aromatic rings. The highest BCUT2D eigenvalue weighted by Gasteiger charge is 2.11. The van der Waals surface area contributed by atoms with Crippen molar-refractivity contribution in [3.8, 4) is 5.82 Å². The molecule has 3 heterocycles. The van der Waals surface area contributed by atoms with Gasteiger partial charge in [0.25, 0.3) is 0 Å². The van der Waals surface area contributed by atoms with Gasteiger partial charge in [-0.2, -0.15) is 5.10 Å². The molecule has 5 nitrogen and oxygen atoms in total. The van der Waals surface area contributed by atoms with Crippen molar-refractivity contribution in [3.05, 3.63) is 36.7 Å². The third kappa shape index (κ3) is 3.59. The first-order valence-electron chi connectivity index (χ1n) is 5.86. The summed E-state index contributed by atoms with van der Waals surface area (Å²) in [5.41, 5.74) is 0. The zero-order valence-corrected chi connectivity index (χ0v) is 12.0. The second-order valence-corrected chi connectivity index (χ2v) is 4.04. The summed E-state index contributed by atoms with van der Waals surface area (Å²) in [7, 11) is 0. The minimum Gasteiger partial charge on any atom is -0.354 e. The monoisotopic (exact) mass is 301 g/mol. The Bertz CT molecular complexity index is 483. The van der Waals surface area contributed by atoms with E-state index in [4.69, 9.17) is 0 Å². The van der Waals surface area contributed by atoms with E-state index in [9.17, 15) is 0 Å². The van der Waals surface area contributed by atoms with Crippen LogP contribution in [0.3, 0.4) is 0 Å². The van der Waals surface area contributed by atoms with Gasteiger partial charge in [0.1, 0.15) is 5.82 Å². The summed E-state index contributed by atoms with van der Waals surface area (Å²) in [4.78, 5) is 6.93. The minimum absolute atomic E-state index is 0. The number of piperazine rings is 1. The molecule has 2 aromatic heterocycles. The van der Waals surface area contributed by atoms with Gasteiger partial charge in [0, 0.05) is 38.6 Å². The molecule has 0 aromatic carbocycles. The highest BCUT2D eigenvalue weighted by atomic mass is 35.5. The Kier molecular flexibility index (Phi) is 6.08. The van der Waals surface area contributed by atoms with E-state index >= 15 is 0 Å². The summed E-state index contributed by atoms with van der Waals surface area (Å²) in [5.74, 6) is 1.89. The lowest BCUT2D eigenvalue weighted by Crippen LogP contribution is -2.43. The van der Waals surface area contributed by atoms with Crippen LogP contribution < -0.4 is 10.2 Å². The van der Waals surface area contributed by atoms with E-state index < -0.39 is 0 Å². The van der Waals surface area contributed by atoms with Gasteiger partial charge in [-0.1, -0.05) is 6.07 Å². The Balaban J connectivity index is 0.000000902. The molecular formula is C12H17Cl2N5. The van der Waals surface area contributed by atoms with Gasteiger partial charge in [-0.05, 0) is 18.2 Å². The average molecular weight is 302 g/mol. The highest BCUT2D eigenvalue weighted by Crippen LogP contribution is 2.13. The van der Waals surface area contributed by atoms with Crippen molar-refractivity contribution in [1.29, 1.82) is 0 Å². The van der Waals surface area contributed by atoms with E-state index in [1.54, 1.807) is 10.9 Å².